The molecule has 0 radical (unpaired) electrons. The van der Waals surface area contributed by atoms with Gasteiger partial charge >= 0.3 is 0 Å². The van der Waals surface area contributed by atoms with Crippen LogP contribution < -0.4 is 0 Å². The van der Waals surface area contributed by atoms with Gasteiger partial charge in [-0.05, 0) is 17.4 Å². The Morgan fingerprint density at radius 1 is 1.18 bits per heavy atom. The van der Waals surface area contributed by atoms with Gasteiger partial charge in [-0.15, -0.1) is 8.58 Å². The summed E-state index contributed by atoms with van der Waals surface area (Å²) < 4.78 is 0. The molecule has 1 unspecified atom stereocenters. The lowest BCUT2D eigenvalue weighted by Crippen LogP contribution is -1.84. The lowest BCUT2D eigenvalue weighted by molar-refractivity contribution is 1.09. The van der Waals surface area contributed by atoms with Gasteiger partial charge in [-0.25, -0.2) is 0 Å². The fourth-order valence-electron chi connectivity index (χ4n) is 0.918. The van der Waals surface area contributed by atoms with Crippen LogP contribution in [0.25, 0.3) is 0 Å². The summed E-state index contributed by atoms with van der Waals surface area (Å²) in [4.78, 5) is 0. The molecule has 1 heteroatoms. The monoisotopic (exact) mass is 166 g/mol. The summed E-state index contributed by atoms with van der Waals surface area (Å²) >= 11 is 0. The minimum absolute atomic E-state index is 0.843. The Morgan fingerprint density at radius 3 is 2.36 bits per heavy atom. The van der Waals surface area contributed by atoms with Crippen molar-refractivity contribution < 1.29 is 0 Å². The normalized spacial score (nSPS) is 11.5. The summed E-state index contributed by atoms with van der Waals surface area (Å²) in [6.45, 7) is 4.56. The highest BCUT2D eigenvalue weighted by atomic mass is 31.1. The third kappa shape index (κ3) is 3.53. The Kier molecular flexibility index (Phi) is 3.59. The largest absolute Gasteiger partial charge is 0.115 e. The fourth-order valence-corrected chi connectivity index (χ4v) is 1.80. The lowest BCUT2D eigenvalue weighted by atomic mass is 10.2. The molecule has 1 aromatic rings. The average Bonchev–Trinajstić information content (AvgIpc) is 2.03. The van der Waals surface area contributed by atoms with Crippen LogP contribution in [0.3, 0.4) is 0 Å². The van der Waals surface area contributed by atoms with E-state index in [1.807, 2.05) is 0 Å². The van der Waals surface area contributed by atoms with Crippen molar-refractivity contribution in [3.63, 3.8) is 0 Å². The van der Waals surface area contributed by atoms with Crippen molar-refractivity contribution in [2.75, 3.05) is 0 Å². The smallest absolute Gasteiger partial charge is 0.00983 e. The van der Waals surface area contributed by atoms with E-state index in [4.69, 9.17) is 0 Å². The van der Waals surface area contributed by atoms with Gasteiger partial charge in [-0.1, -0.05) is 44.2 Å². The zero-order valence-electron chi connectivity index (χ0n) is 7.17. The Balaban J connectivity index is 2.39. The molecule has 0 amide bonds. The SMILES string of the molecule is CC(C)PCc1ccccc1. The zero-order chi connectivity index (χ0) is 8.10. The molecular formula is C10H15P. The van der Waals surface area contributed by atoms with E-state index in [1.165, 1.54) is 11.7 Å². The van der Waals surface area contributed by atoms with Crippen LogP contribution in [0.2, 0.25) is 0 Å². The molecule has 1 aromatic carbocycles. The van der Waals surface area contributed by atoms with Crippen molar-refractivity contribution >= 4 is 8.58 Å². The van der Waals surface area contributed by atoms with Crippen LogP contribution >= 0.6 is 8.58 Å². The molecule has 0 heterocycles. The first-order chi connectivity index (χ1) is 5.29. The van der Waals surface area contributed by atoms with Gasteiger partial charge in [0.2, 0.25) is 0 Å². The molecule has 60 valence electrons. The molecule has 0 aliphatic rings. The summed E-state index contributed by atoms with van der Waals surface area (Å²) in [5.41, 5.74) is 2.31. The van der Waals surface area contributed by atoms with Crippen LogP contribution in [0.15, 0.2) is 30.3 Å². The van der Waals surface area contributed by atoms with Gasteiger partial charge in [0.15, 0.2) is 0 Å². The number of hydrogen-bond donors (Lipinski definition) is 0. The van der Waals surface area contributed by atoms with E-state index < -0.39 is 0 Å². The van der Waals surface area contributed by atoms with Gasteiger partial charge in [0.1, 0.15) is 0 Å². The first kappa shape index (κ1) is 8.74. The highest BCUT2D eigenvalue weighted by Gasteiger charge is 1.93. The van der Waals surface area contributed by atoms with Crippen LogP contribution in [0.5, 0.6) is 0 Å². The van der Waals surface area contributed by atoms with E-state index in [-0.39, 0.29) is 0 Å². The molecule has 0 N–H and O–H groups in total. The summed E-state index contributed by atoms with van der Waals surface area (Å²) in [7, 11) is 1.07. The van der Waals surface area contributed by atoms with E-state index >= 15 is 0 Å². The molecule has 0 saturated heterocycles. The quantitative estimate of drug-likeness (QED) is 0.604. The molecule has 0 aromatic heterocycles. The highest BCUT2D eigenvalue weighted by Crippen LogP contribution is 2.23. The molecule has 0 nitrogen and oxygen atoms in total. The van der Waals surface area contributed by atoms with E-state index in [9.17, 15) is 0 Å². The molecule has 11 heavy (non-hydrogen) atoms. The standard InChI is InChI=1S/C10H15P/c1-9(2)11-8-10-6-4-3-5-7-10/h3-7,9,11H,8H2,1-2H3. The van der Waals surface area contributed by atoms with Crippen molar-refractivity contribution in [1.82, 2.24) is 0 Å². The Morgan fingerprint density at radius 2 is 1.82 bits per heavy atom. The fraction of sp³-hybridized carbons (Fsp3) is 0.400. The summed E-state index contributed by atoms with van der Waals surface area (Å²) in [5, 5.41) is 0. The third-order valence-corrected chi connectivity index (χ3v) is 2.99. The van der Waals surface area contributed by atoms with Crippen LogP contribution in [0.1, 0.15) is 19.4 Å². The van der Waals surface area contributed by atoms with E-state index in [0.29, 0.717) is 0 Å². The lowest BCUT2D eigenvalue weighted by Gasteiger charge is -2.03. The first-order valence-electron chi connectivity index (χ1n) is 4.06. The topological polar surface area (TPSA) is 0 Å². The molecule has 0 saturated carbocycles. The molecule has 0 aliphatic heterocycles. The van der Waals surface area contributed by atoms with Crippen molar-refractivity contribution in [3.8, 4) is 0 Å². The molecule has 0 fully saturated rings. The van der Waals surface area contributed by atoms with Gasteiger partial charge < -0.3 is 0 Å². The molecule has 1 rings (SSSR count). The Bertz CT molecular complexity index is 191. The molecular weight excluding hydrogens is 151 g/mol. The van der Waals surface area contributed by atoms with Crippen LogP contribution in [0, 0.1) is 0 Å². The minimum atomic E-state index is 0.843. The van der Waals surface area contributed by atoms with Crippen LogP contribution in [0.4, 0.5) is 0 Å². The van der Waals surface area contributed by atoms with E-state index in [2.05, 4.69) is 44.2 Å². The Hall–Kier alpha value is -0.350. The second kappa shape index (κ2) is 4.51. The van der Waals surface area contributed by atoms with Crippen LogP contribution in [-0.2, 0) is 6.16 Å². The van der Waals surface area contributed by atoms with Gasteiger partial charge in [0, 0.05) is 0 Å². The maximum Gasteiger partial charge on any atom is -0.00983 e. The second-order valence-electron chi connectivity index (χ2n) is 3.02. The number of rotatable bonds is 3. The van der Waals surface area contributed by atoms with E-state index in [0.717, 1.165) is 14.2 Å². The first-order valence-corrected chi connectivity index (χ1v) is 5.35. The predicted molar refractivity (Wildman–Crippen MR) is 53.6 cm³/mol. The molecule has 1 atom stereocenters. The maximum atomic E-state index is 2.28. The predicted octanol–water partition coefficient (Wildman–Crippen LogP) is 3.27. The summed E-state index contributed by atoms with van der Waals surface area (Å²) in [6, 6.07) is 10.7. The highest BCUT2D eigenvalue weighted by molar-refractivity contribution is 7.37. The van der Waals surface area contributed by atoms with Crippen LogP contribution in [-0.4, -0.2) is 5.66 Å². The van der Waals surface area contributed by atoms with Crippen molar-refractivity contribution in [2.45, 2.75) is 25.7 Å². The van der Waals surface area contributed by atoms with Gasteiger partial charge in [0.25, 0.3) is 0 Å². The maximum absolute atomic E-state index is 2.28. The minimum Gasteiger partial charge on any atom is -0.115 e. The molecule has 0 spiro atoms. The zero-order valence-corrected chi connectivity index (χ0v) is 8.17. The average molecular weight is 166 g/mol. The van der Waals surface area contributed by atoms with Gasteiger partial charge in [-0.3, -0.25) is 0 Å². The van der Waals surface area contributed by atoms with Gasteiger partial charge in [0.05, 0.1) is 0 Å². The molecule has 0 aliphatic carbocycles. The summed E-state index contributed by atoms with van der Waals surface area (Å²) in [6.07, 6.45) is 1.25. The van der Waals surface area contributed by atoms with Crippen molar-refractivity contribution in [1.29, 1.82) is 0 Å². The Labute approximate surface area is 70.8 Å². The van der Waals surface area contributed by atoms with E-state index in [1.54, 1.807) is 0 Å². The number of hydrogen-bond acceptors (Lipinski definition) is 0. The molecule has 0 bridgehead atoms. The number of benzene rings is 1. The summed E-state index contributed by atoms with van der Waals surface area (Å²) in [5.74, 6) is 0. The van der Waals surface area contributed by atoms with Crippen molar-refractivity contribution in [2.24, 2.45) is 0 Å². The van der Waals surface area contributed by atoms with Gasteiger partial charge in [-0.2, -0.15) is 0 Å². The third-order valence-electron chi connectivity index (χ3n) is 1.56. The second-order valence-corrected chi connectivity index (χ2v) is 4.94. The van der Waals surface area contributed by atoms with Crippen molar-refractivity contribution in [3.05, 3.63) is 35.9 Å².